The van der Waals surface area contributed by atoms with Crippen molar-refractivity contribution in [2.24, 2.45) is 0 Å². The average molecular weight is 429 g/mol. The second kappa shape index (κ2) is 9.91. The van der Waals surface area contributed by atoms with Gasteiger partial charge in [-0.3, -0.25) is 4.79 Å². The van der Waals surface area contributed by atoms with Gasteiger partial charge in [0.2, 0.25) is 0 Å². The van der Waals surface area contributed by atoms with Gasteiger partial charge < -0.3 is 19.5 Å². The summed E-state index contributed by atoms with van der Waals surface area (Å²) in [5.41, 5.74) is -0.141. The van der Waals surface area contributed by atoms with Gasteiger partial charge in [-0.1, -0.05) is 6.07 Å². The second-order valence-electron chi connectivity index (χ2n) is 9.84. The SMILES string of the molecule is COc1ccc(C2(C#N)CCCC(NCC(=O)OC(C)(C)C)C2)cc1OC1CCCC1. The van der Waals surface area contributed by atoms with Crippen molar-refractivity contribution in [1.82, 2.24) is 5.32 Å². The molecule has 2 fully saturated rings. The number of benzene rings is 1. The van der Waals surface area contributed by atoms with Gasteiger partial charge in [0.05, 0.1) is 31.2 Å². The Bertz CT molecular complexity index is 805. The van der Waals surface area contributed by atoms with E-state index in [4.69, 9.17) is 14.2 Å². The van der Waals surface area contributed by atoms with Crippen molar-refractivity contribution >= 4 is 5.97 Å². The molecular formula is C25H36N2O4. The lowest BCUT2D eigenvalue weighted by atomic mass is 9.68. The Morgan fingerprint density at radius 3 is 2.58 bits per heavy atom. The summed E-state index contributed by atoms with van der Waals surface area (Å²) in [6, 6.07) is 8.58. The summed E-state index contributed by atoms with van der Waals surface area (Å²) < 4.78 is 17.2. The molecule has 0 aliphatic heterocycles. The van der Waals surface area contributed by atoms with Crippen molar-refractivity contribution in [3.05, 3.63) is 23.8 Å². The Morgan fingerprint density at radius 2 is 1.94 bits per heavy atom. The topological polar surface area (TPSA) is 80.6 Å². The number of ether oxygens (including phenoxy) is 3. The van der Waals surface area contributed by atoms with Crippen LogP contribution in [0, 0.1) is 11.3 Å². The molecule has 0 aromatic heterocycles. The quantitative estimate of drug-likeness (QED) is 0.637. The monoisotopic (exact) mass is 428 g/mol. The minimum atomic E-state index is -0.607. The van der Waals surface area contributed by atoms with E-state index in [-0.39, 0.29) is 24.7 Å². The van der Waals surface area contributed by atoms with Crippen LogP contribution in [0.5, 0.6) is 11.5 Å². The third kappa shape index (κ3) is 6.13. The minimum Gasteiger partial charge on any atom is -0.493 e. The van der Waals surface area contributed by atoms with E-state index >= 15 is 0 Å². The number of nitrogens with one attached hydrogen (secondary N) is 1. The van der Waals surface area contributed by atoms with Crippen LogP contribution in [0.25, 0.3) is 0 Å². The third-order valence-corrected chi connectivity index (χ3v) is 6.23. The zero-order valence-corrected chi connectivity index (χ0v) is 19.3. The average Bonchev–Trinajstić information content (AvgIpc) is 3.24. The Morgan fingerprint density at radius 1 is 1.19 bits per heavy atom. The number of carbonyl (C=O) groups is 1. The van der Waals surface area contributed by atoms with Gasteiger partial charge in [-0.15, -0.1) is 0 Å². The van der Waals surface area contributed by atoms with Crippen LogP contribution in [-0.2, 0) is 14.9 Å². The molecule has 0 heterocycles. The molecule has 31 heavy (non-hydrogen) atoms. The smallest absolute Gasteiger partial charge is 0.320 e. The number of carbonyl (C=O) groups excluding carboxylic acids is 1. The summed E-state index contributed by atoms with van der Waals surface area (Å²) in [5, 5.41) is 13.5. The molecule has 2 aliphatic carbocycles. The van der Waals surface area contributed by atoms with Crippen molar-refractivity contribution in [3.8, 4) is 17.6 Å². The maximum atomic E-state index is 12.1. The van der Waals surface area contributed by atoms with Gasteiger partial charge in [0.25, 0.3) is 0 Å². The van der Waals surface area contributed by atoms with E-state index in [9.17, 15) is 10.1 Å². The number of esters is 1. The molecule has 3 rings (SSSR count). The number of rotatable bonds is 7. The van der Waals surface area contributed by atoms with Crippen LogP contribution in [0.3, 0.4) is 0 Å². The van der Waals surface area contributed by atoms with Crippen LogP contribution >= 0.6 is 0 Å². The van der Waals surface area contributed by atoms with E-state index in [0.29, 0.717) is 12.2 Å². The highest BCUT2D eigenvalue weighted by Crippen LogP contribution is 2.42. The summed E-state index contributed by atoms with van der Waals surface area (Å²) in [5.74, 6) is 1.17. The number of methoxy groups -OCH3 is 1. The molecule has 2 atom stereocenters. The summed E-state index contributed by atoms with van der Waals surface area (Å²) in [6.45, 7) is 5.74. The van der Waals surface area contributed by atoms with E-state index in [0.717, 1.165) is 43.4 Å². The number of nitriles is 1. The highest BCUT2D eigenvalue weighted by molar-refractivity contribution is 5.72. The van der Waals surface area contributed by atoms with E-state index in [2.05, 4.69) is 11.4 Å². The zero-order valence-electron chi connectivity index (χ0n) is 19.3. The first-order valence-electron chi connectivity index (χ1n) is 11.5. The first kappa shape index (κ1) is 23.4. The fourth-order valence-electron chi connectivity index (χ4n) is 4.74. The standard InChI is InChI=1S/C25H36N2O4/c1-24(2,3)31-23(28)16-27-19-8-7-13-25(15-19,17-26)18-11-12-21(29-4)22(14-18)30-20-9-5-6-10-20/h11-12,14,19-20,27H,5-10,13,15-16H2,1-4H3. The number of hydrogen-bond donors (Lipinski definition) is 1. The molecular weight excluding hydrogens is 392 g/mol. The minimum absolute atomic E-state index is 0.0854. The molecule has 2 saturated carbocycles. The summed E-state index contributed by atoms with van der Waals surface area (Å²) in [6.07, 6.45) is 8.04. The third-order valence-electron chi connectivity index (χ3n) is 6.23. The van der Waals surface area contributed by atoms with Crippen molar-refractivity contribution in [3.63, 3.8) is 0 Å². The molecule has 0 saturated heterocycles. The molecule has 1 N–H and O–H groups in total. The first-order chi connectivity index (χ1) is 14.7. The number of hydrogen-bond acceptors (Lipinski definition) is 6. The van der Waals surface area contributed by atoms with Crippen molar-refractivity contribution in [1.29, 1.82) is 5.26 Å². The number of nitrogens with zero attached hydrogens (tertiary/aromatic N) is 1. The lowest BCUT2D eigenvalue weighted by Crippen LogP contribution is -2.44. The Labute approximate surface area is 186 Å². The van der Waals surface area contributed by atoms with Gasteiger partial charge in [0.15, 0.2) is 11.5 Å². The summed E-state index contributed by atoms with van der Waals surface area (Å²) in [7, 11) is 1.65. The Kier molecular flexibility index (Phi) is 7.48. The Hall–Kier alpha value is -2.26. The van der Waals surface area contributed by atoms with Crippen LogP contribution in [0.4, 0.5) is 0 Å². The predicted octanol–water partition coefficient (Wildman–Crippen LogP) is 4.65. The predicted molar refractivity (Wildman–Crippen MR) is 119 cm³/mol. The molecule has 2 unspecified atom stereocenters. The van der Waals surface area contributed by atoms with Gasteiger partial charge >= 0.3 is 5.97 Å². The van der Waals surface area contributed by atoms with Crippen molar-refractivity contribution in [2.45, 2.75) is 95.3 Å². The van der Waals surface area contributed by atoms with Crippen molar-refractivity contribution in [2.75, 3.05) is 13.7 Å². The molecule has 0 bridgehead atoms. The lowest BCUT2D eigenvalue weighted by Gasteiger charge is -2.37. The molecule has 6 heteroatoms. The van der Waals surface area contributed by atoms with Gasteiger partial charge in [-0.25, -0.2) is 0 Å². The van der Waals surface area contributed by atoms with E-state index in [1.165, 1.54) is 12.8 Å². The fraction of sp³-hybridized carbons (Fsp3) is 0.680. The van der Waals surface area contributed by atoms with Crippen LogP contribution in [0.2, 0.25) is 0 Å². The fourth-order valence-corrected chi connectivity index (χ4v) is 4.74. The molecule has 0 radical (unpaired) electrons. The molecule has 0 amide bonds. The zero-order chi connectivity index (χ0) is 22.5. The van der Waals surface area contributed by atoms with Gasteiger partial charge in [0.1, 0.15) is 5.60 Å². The normalized spacial score (nSPS) is 24.4. The first-order valence-corrected chi connectivity index (χ1v) is 11.5. The maximum Gasteiger partial charge on any atom is 0.320 e. The molecule has 2 aliphatic rings. The second-order valence-corrected chi connectivity index (χ2v) is 9.84. The van der Waals surface area contributed by atoms with Gasteiger partial charge in [-0.05, 0) is 89.8 Å². The largest absolute Gasteiger partial charge is 0.493 e. The molecule has 1 aromatic carbocycles. The van der Waals surface area contributed by atoms with E-state index < -0.39 is 11.0 Å². The molecule has 0 spiro atoms. The van der Waals surface area contributed by atoms with E-state index in [1.807, 2.05) is 39.0 Å². The van der Waals surface area contributed by atoms with E-state index in [1.54, 1.807) is 7.11 Å². The van der Waals surface area contributed by atoms with Crippen LogP contribution in [0.1, 0.15) is 77.7 Å². The van der Waals surface area contributed by atoms with Gasteiger partial charge in [0, 0.05) is 6.04 Å². The Balaban J connectivity index is 1.73. The lowest BCUT2D eigenvalue weighted by molar-refractivity contribution is -0.153. The van der Waals surface area contributed by atoms with Crippen LogP contribution < -0.4 is 14.8 Å². The van der Waals surface area contributed by atoms with Crippen LogP contribution in [-0.4, -0.2) is 37.4 Å². The summed E-state index contributed by atoms with van der Waals surface area (Å²) >= 11 is 0. The molecule has 6 nitrogen and oxygen atoms in total. The van der Waals surface area contributed by atoms with Gasteiger partial charge in [-0.2, -0.15) is 5.26 Å². The highest BCUT2D eigenvalue weighted by atomic mass is 16.6. The molecule has 1 aromatic rings. The van der Waals surface area contributed by atoms with Crippen LogP contribution in [0.15, 0.2) is 18.2 Å². The highest BCUT2D eigenvalue weighted by Gasteiger charge is 2.39. The maximum absolute atomic E-state index is 12.1. The molecule has 170 valence electrons. The van der Waals surface area contributed by atoms with Crippen molar-refractivity contribution < 1.29 is 19.0 Å². The summed E-state index contributed by atoms with van der Waals surface area (Å²) in [4.78, 5) is 12.1.